The SMILES string of the molecule is Cc1nc(-c2cccc(Cl)c2)sc1C(=O)O[C@@H](C)C(=O)NC(=O)NC(C)C. The van der Waals surface area contributed by atoms with Gasteiger partial charge in [-0.1, -0.05) is 23.7 Å². The van der Waals surface area contributed by atoms with Gasteiger partial charge in [-0.3, -0.25) is 10.1 Å². The maximum absolute atomic E-state index is 12.4. The minimum atomic E-state index is -1.13. The summed E-state index contributed by atoms with van der Waals surface area (Å²) in [6.45, 7) is 6.60. The van der Waals surface area contributed by atoms with Crippen LogP contribution in [-0.2, 0) is 9.53 Å². The topological polar surface area (TPSA) is 97.4 Å². The summed E-state index contributed by atoms with van der Waals surface area (Å²) in [5, 5.41) is 5.83. The Morgan fingerprint density at radius 1 is 1.22 bits per heavy atom. The lowest BCUT2D eigenvalue weighted by Crippen LogP contribution is -2.46. The monoisotopic (exact) mass is 409 g/mol. The number of nitrogens with zero attached hydrogens (tertiary/aromatic N) is 1. The number of carbonyl (C=O) groups excluding carboxylic acids is 3. The molecule has 0 saturated carbocycles. The van der Waals surface area contributed by atoms with Crippen LogP contribution in [0.2, 0.25) is 5.02 Å². The zero-order chi connectivity index (χ0) is 20.1. The first-order valence-electron chi connectivity index (χ1n) is 8.23. The van der Waals surface area contributed by atoms with E-state index in [1.54, 1.807) is 39.0 Å². The number of rotatable bonds is 5. The van der Waals surface area contributed by atoms with E-state index in [1.807, 2.05) is 6.07 Å². The van der Waals surface area contributed by atoms with Crippen LogP contribution in [0.25, 0.3) is 10.6 Å². The van der Waals surface area contributed by atoms with Crippen LogP contribution in [0.4, 0.5) is 4.79 Å². The normalized spacial score (nSPS) is 11.8. The Kier molecular flexibility index (Phi) is 6.92. The quantitative estimate of drug-likeness (QED) is 0.736. The van der Waals surface area contributed by atoms with Crippen molar-refractivity contribution >= 4 is 40.8 Å². The third-order valence-corrected chi connectivity index (χ3v) is 4.78. The molecule has 2 N–H and O–H groups in total. The highest BCUT2D eigenvalue weighted by molar-refractivity contribution is 7.17. The van der Waals surface area contributed by atoms with Gasteiger partial charge in [-0.15, -0.1) is 11.3 Å². The second kappa shape index (κ2) is 8.96. The number of imide groups is 1. The predicted molar refractivity (Wildman–Crippen MR) is 104 cm³/mol. The zero-order valence-electron chi connectivity index (χ0n) is 15.3. The summed E-state index contributed by atoms with van der Waals surface area (Å²) in [6, 6.07) is 6.36. The predicted octanol–water partition coefficient (Wildman–Crippen LogP) is 3.55. The van der Waals surface area contributed by atoms with Gasteiger partial charge in [0, 0.05) is 16.6 Å². The smallest absolute Gasteiger partial charge is 0.351 e. The maximum Gasteiger partial charge on any atom is 0.351 e. The third-order valence-electron chi connectivity index (χ3n) is 3.36. The number of benzene rings is 1. The van der Waals surface area contributed by atoms with Gasteiger partial charge >= 0.3 is 12.0 Å². The van der Waals surface area contributed by atoms with Gasteiger partial charge in [0.2, 0.25) is 0 Å². The number of nitrogens with one attached hydrogen (secondary N) is 2. The average Bonchev–Trinajstić information content (AvgIpc) is 2.95. The van der Waals surface area contributed by atoms with Crippen molar-refractivity contribution in [2.75, 3.05) is 0 Å². The number of thiazole rings is 1. The van der Waals surface area contributed by atoms with Gasteiger partial charge in [0.25, 0.3) is 5.91 Å². The number of hydrogen-bond donors (Lipinski definition) is 2. The fourth-order valence-corrected chi connectivity index (χ4v) is 3.25. The van der Waals surface area contributed by atoms with Gasteiger partial charge in [0.05, 0.1) is 5.69 Å². The molecule has 7 nitrogen and oxygen atoms in total. The Labute approximate surface area is 166 Å². The van der Waals surface area contributed by atoms with Crippen LogP contribution in [0.1, 0.15) is 36.1 Å². The second-order valence-electron chi connectivity index (χ2n) is 6.11. The zero-order valence-corrected chi connectivity index (χ0v) is 16.9. The molecule has 0 fully saturated rings. The van der Waals surface area contributed by atoms with Gasteiger partial charge in [-0.25, -0.2) is 14.6 Å². The van der Waals surface area contributed by atoms with Crippen LogP contribution in [0.3, 0.4) is 0 Å². The Hall–Kier alpha value is -2.45. The molecule has 2 rings (SSSR count). The van der Waals surface area contributed by atoms with Gasteiger partial charge in [0.1, 0.15) is 9.88 Å². The van der Waals surface area contributed by atoms with E-state index in [2.05, 4.69) is 15.6 Å². The van der Waals surface area contributed by atoms with Crippen molar-refractivity contribution in [1.82, 2.24) is 15.6 Å². The lowest BCUT2D eigenvalue weighted by Gasteiger charge is -2.14. The molecule has 0 bridgehead atoms. The summed E-state index contributed by atoms with van der Waals surface area (Å²) in [7, 11) is 0. The largest absolute Gasteiger partial charge is 0.448 e. The molecule has 144 valence electrons. The van der Waals surface area contributed by atoms with Gasteiger partial charge in [-0.05, 0) is 39.8 Å². The fourth-order valence-electron chi connectivity index (χ4n) is 2.11. The lowest BCUT2D eigenvalue weighted by molar-refractivity contribution is -0.127. The van der Waals surface area contributed by atoms with Crippen LogP contribution < -0.4 is 10.6 Å². The van der Waals surface area contributed by atoms with E-state index in [1.165, 1.54) is 6.92 Å². The van der Waals surface area contributed by atoms with Crippen molar-refractivity contribution in [2.45, 2.75) is 39.8 Å². The van der Waals surface area contributed by atoms with Crippen molar-refractivity contribution in [1.29, 1.82) is 0 Å². The van der Waals surface area contributed by atoms with Gasteiger partial charge < -0.3 is 10.1 Å². The summed E-state index contributed by atoms with van der Waals surface area (Å²) >= 11 is 7.14. The van der Waals surface area contributed by atoms with Crippen molar-refractivity contribution < 1.29 is 19.1 Å². The Morgan fingerprint density at radius 2 is 1.93 bits per heavy atom. The summed E-state index contributed by atoms with van der Waals surface area (Å²) < 4.78 is 5.17. The first-order valence-corrected chi connectivity index (χ1v) is 9.42. The molecule has 9 heteroatoms. The van der Waals surface area contributed by atoms with E-state index in [-0.39, 0.29) is 10.9 Å². The average molecular weight is 410 g/mol. The van der Waals surface area contributed by atoms with E-state index in [9.17, 15) is 14.4 Å². The van der Waals surface area contributed by atoms with E-state index >= 15 is 0 Å². The van der Waals surface area contributed by atoms with Crippen molar-refractivity contribution in [3.63, 3.8) is 0 Å². The molecule has 0 aliphatic heterocycles. The number of halogens is 1. The number of urea groups is 1. The molecule has 0 saturated heterocycles. The summed E-state index contributed by atoms with van der Waals surface area (Å²) in [6.07, 6.45) is -1.13. The summed E-state index contributed by atoms with van der Waals surface area (Å²) in [4.78, 5) is 40.6. The molecule has 27 heavy (non-hydrogen) atoms. The van der Waals surface area contributed by atoms with E-state index in [0.29, 0.717) is 15.7 Å². The number of amides is 3. The highest BCUT2D eigenvalue weighted by Crippen LogP contribution is 2.30. The van der Waals surface area contributed by atoms with Crippen LogP contribution in [0.5, 0.6) is 0 Å². The molecular formula is C18H20ClN3O4S. The molecule has 0 aliphatic rings. The van der Waals surface area contributed by atoms with Crippen molar-refractivity contribution in [2.24, 2.45) is 0 Å². The summed E-state index contributed by atoms with van der Waals surface area (Å²) in [5.41, 5.74) is 1.27. The Bertz CT molecular complexity index is 866. The molecule has 3 amide bonds. The van der Waals surface area contributed by atoms with Crippen LogP contribution in [-0.4, -0.2) is 35.0 Å². The molecule has 1 aromatic carbocycles. The van der Waals surface area contributed by atoms with E-state index in [4.69, 9.17) is 16.3 Å². The highest BCUT2D eigenvalue weighted by Gasteiger charge is 2.24. The molecule has 0 radical (unpaired) electrons. The first kappa shape index (κ1) is 20.9. The standard InChI is InChI=1S/C18H20ClN3O4S/c1-9(2)20-18(25)22-15(23)11(4)26-17(24)14-10(3)21-16(27-14)12-6-5-7-13(19)8-12/h5-9,11H,1-4H3,(H2,20,22,23,25)/t11-/m0/s1. The van der Waals surface area contributed by atoms with Crippen molar-refractivity contribution in [3.8, 4) is 10.6 Å². The number of hydrogen-bond acceptors (Lipinski definition) is 6. The number of ether oxygens (including phenoxy) is 1. The van der Waals surface area contributed by atoms with Crippen molar-refractivity contribution in [3.05, 3.63) is 39.9 Å². The molecule has 0 aliphatic carbocycles. The minimum Gasteiger partial charge on any atom is -0.448 e. The van der Waals surface area contributed by atoms with Crippen LogP contribution in [0.15, 0.2) is 24.3 Å². The molecule has 1 aromatic heterocycles. The molecule has 1 heterocycles. The first-order chi connectivity index (χ1) is 12.7. The molecular weight excluding hydrogens is 390 g/mol. The third kappa shape index (κ3) is 5.77. The maximum atomic E-state index is 12.4. The highest BCUT2D eigenvalue weighted by atomic mass is 35.5. The van der Waals surface area contributed by atoms with E-state index < -0.39 is 24.0 Å². The number of esters is 1. The minimum absolute atomic E-state index is 0.125. The van der Waals surface area contributed by atoms with Crippen LogP contribution >= 0.6 is 22.9 Å². The molecule has 0 unspecified atom stereocenters. The number of aryl methyl sites for hydroxylation is 1. The Morgan fingerprint density at radius 3 is 2.56 bits per heavy atom. The lowest BCUT2D eigenvalue weighted by atomic mass is 10.2. The second-order valence-corrected chi connectivity index (χ2v) is 7.54. The molecule has 0 spiro atoms. The number of aromatic nitrogens is 1. The fraction of sp³-hybridized carbons (Fsp3) is 0.333. The summed E-state index contributed by atoms with van der Waals surface area (Å²) in [5.74, 6) is -1.39. The molecule has 1 atom stereocenters. The van der Waals surface area contributed by atoms with Gasteiger partial charge in [-0.2, -0.15) is 0 Å². The molecule has 2 aromatic rings. The number of carbonyl (C=O) groups is 3. The van der Waals surface area contributed by atoms with Crippen LogP contribution in [0, 0.1) is 6.92 Å². The Balaban J connectivity index is 2.05. The van der Waals surface area contributed by atoms with E-state index in [0.717, 1.165) is 16.9 Å². The van der Waals surface area contributed by atoms with Gasteiger partial charge in [0.15, 0.2) is 6.10 Å².